The maximum Gasteiger partial charge on any atom is 0.322 e. The predicted octanol–water partition coefficient (Wildman–Crippen LogP) is 4.48. The molecule has 0 amide bonds. The molecule has 3 aromatic rings. The molecule has 2 aromatic carbocycles. The summed E-state index contributed by atoms with van der Waals surface area (Å²) in [5.41, 5.74) is 1.89. The van der Waals surface area contributed by atoms with Gasteiger partial charge in [0.05, 0.1) is 22.8 Å². The number of halogens is 1. The second-order valence-electron chi connectivity index (χ2n) is 5.96. The van der Waals surface area contributed by atoms with Gasteiger partial charge in [-0.3, -0.25) is 4.72 Å². The van der Waals surface area contributed by atoms with E-state index in [9.17, 15) is 8.42 Å². The Balaban J connectivity index is 1.80. The Morgan fingerprint density at radius 3 is 2.30 bits per heavy atom. The molecule has 0 saturated carbocycles. The third kappa shape index (κ3) is 5.18. The summed E-state index contributed by atoms with van der Waals surface area (Å²) in [6, 6.07) is 16.0. The van der Waals surface area contributed by atoms with Gasteiger partial charge in [0.15, 0.2) is 0 Å². The normalized spacial score (nSPS) is 11.2. The van der Waals surface area contributed by atoms with Crippen molar-refractivity contribution in [2.45, 2.75) is 19.6 Å². The first-order chi connectivity index (χ1) is 12.8. The highest BCUT2D eigenvalue weighted by atomic mass is 35.5. The van der Waals surface area contributed by atoms with Gasteiger partial charge in [0.25, 0.3) is 0 Å². The van der Waals surface area contributed by atoms with Gasteiger partial charge in [0.2, 0.25) is 10.0 Å². The standard InChI is InChI=1S/C19H18ClN3O3S/c1-13-18(23-27(24,25)12-15-7-6-8-16(20)11-15)14(2)22-19(21-13)26-17-9-4-3-5-10-17/h3-11,23H,12H2,1-2H3. The van der Waals surface area contributed by atoms with E-state index in [1.54, 1.807) is 50.2 Å². The largest absolute Gasteiger partial charge is 0.424 e. The quantitative estimate of drug-likeness (QED) is 0.656. The fraction of sp³-hybridized carbons (Fsp3) is 0.158. The minimum Gasteiger partial charge on any atom is -0.424 e. The van der Waals surface area contributed by atoms with E-state index in [1.165, 1.54) is 0 Å². The number of rotatable bonds is 6. The van der Waals surface area contributed by atoms with Crippen LogP contribution in [0.4, 0.5) is 5.69 Å². The van der Waals surface area contributed by atoms with E-state index in [4.69, 9.17) is 16.3 Å². The van der Waals surface area contributed by atoms with Crippen molar-refractivity contribution in [3.63, 3.8) is 0 Å². The molecule has 27 heavy (non-hydrogen) atoms. The van der Waals surface area contributed by atoms with Crippen molar-refractivity contribution in [3.8, 4) is 11.8 Å². The van der Waals surface area contributed by atoms with Crippen molar-refractivity contribution >= 4 is 27.3 Å². The van der Waals surface area contributed by atoms with Crippen LogP contribution in [0, 0.1) is 13.8 Å². The van der Waals surface area contributed by atoms with E-state index in [2.05, 4.69) is 14.7 Å². The lowest BCUT2D eigenvalue weighted by Gasteiger charge is -2.14. The number of hydrogen-bond donors (Lipinski definition) is 1. The maximum atomic E-state index is 12.5. The molecule has 0 bridgehead atoms. The van der Waals surface area contributed by atoms with Crippen molar-refractivity contribution in [1.29, 1.82) is 0 Å². The molecule has 0 fully saturated rings. The molecule has 1 aromatic heterocycles. The molecule has 0 saturated heterocycles. The van der Waals surface area contributed by atoms with E-state index < -0.39 is 10.0 Å². The Kier molecular flexibility index (Phi) is 5.62. The van der Waals surface area contributed by atoms with Gasteiger partial charge in [-0.25, -0.2) is 8.42 Å². The van der Waals surface area contributed by atoms with Crippen molar-refractivity contribution in [3.05, 3.63) is 76.6 Å². The molecule has 140 valence electrons. The summed E-state index contributed by atoms with van der Waals surface area (Å²) in [5.74, 6) is 0.403. The third-order valence-electron chi connectivity index (χ3n) is 3.71. The van der Waals surface area contributed by atoms with Crippen LogP contribution in [0.5, 0.6) is 11.8 Å². The summed E-state index contributed by atoms with van der Waals surface area (Å²) in [7, 11) is -3.65. The number of aromatic nitrogens is 2. The Morgan fingerprint density at radius 2 is 1.67 bits per heavy atom. The highest BCUT2D eigenvalue weighted by molar-refractivity contribution is 7.91. The van der Waals surface area contributed by atoms with E-state index >= 15 is 0 Å². The monoisotopic (exact) mass is 403 g/mol. The molecule has 1 N–H and O–H groups in total. The second kappa shape index (κ2) is 7.94. The van der Waals surface area contributed by atoms with Gasteiger partial charge < -0.3 is 4.74 Å². The van der Waals surface area contributed by atoms with Crippen LogP contribution in [0.1, 0.15) is 17.0 Å². The van der Waals surface area contributed by atoms with Crippen LogP contribution in [0.15, 0.2) is 54.6 Å². The van der Waals surface area contributed by atoms with Gasteiger partial charge in [0, 0.05) is 5.02 Å². The summed E-state index contributed by atoms with van der Waals surface area (Å²) in [6.45, 7) is 3.40. The number of anilines is 1. The Labute approximate surface area is 163 Å². The summed E-state index contributed by atoms with van der Waals surface area (Å²) in [6.07, 6.45) is 0. The van der Waals surface area contributed by atoms with E-state index in [1.807, 2.05) is 18.2 Å². The van der Waals surface area contributed by atoms with Crippen molar-refractivity contribution < 1.29 is 13.2 Å². The number of benzene rings is 2. The van der Waals surface area contributed by atoms with Gasteiger partial charge in [-0.05, 0) is 43.7 Å². The highest BCUT2D eigenvalue weighted by Gasteiger charge is 2.17. The lowest BCUT2D eigenvalue weighted by Crippen LogP contribution is -2.17. The molecule has 3 rings (SSSR count). The summed E-state index contributed by atoms with van der Waals surface area (Å²) < 4.78 is 33.2. The number of nitrogens with one attached hydrogen (secondary N) is 1. The maximum absolute atomic E-state index is 12.5. The molecule has 6 nitrogen and oxygen atoms in total. The first kappa shape index (κ1) is 19.1. The first-order valence-electron chi connectivity index (χ1n) is 8.15. The van der Waals surface area contributed by atoms with Crippen LogP contribution >= 0.6 is 11.6 Å². The van der Waals surface area contributed by atoms with Crippen LogP contribution in [0.25, 0.3) is 0 Å². The molecule has 0 aliphatic rings. The van der Waals surface area contributed by atoms with E-state index in [-0.39, 0.29) is 11.8 Å². The third-order valence-corrected chi connectivity index (χ3v) is 5.17. The van der Waals surface area contributed by atoms with Crippen LogP contribution in [0.3, 0.4) is 0 Å². The zero-order valence-corrected chi connectivity index (χ0v) is 16.4. The average molecular weight is 404 g/mol. The average Bonchev–Trinajstić information content (AvgIpc) is 2.59. The van der Waals surface area contributed by atoms with Crippen LogP contribution in [-0.4, -0.2) is 18.4 Å². The Morgan fingerprint density at radius 1 is 1.00 bits per heavy atom. The van der Waals surface area contributed by atoms with Gasteiger partial charge in [-0.15, -0.1) is 0 Å². The molecule has 0 radical (unpaired) electrons. The smallest absolute Gasteiger partial charge is 0.322 e. The molecular weight excluding hydrogens is 386 g/mol. The fourth-order valence-corrected chi connectivity index (χ4v) is 4.02. The molecule has 0 atom stereocenters. The summed E-state index contributed by atoms with van der Waals surface area (Å²) in [4.78, 5) is 8.51. The molecule has 0 aliphatic heterocycles. The van der Waals surface area contributed by atoms with Gasteiger partial charge in [-0.2, -0.15) is 9.97 Å². The lowest BCUT2D eigenvalue weighted by atomic mass is 10.2. The Bertz CT molecular complexity index is 1030. The van der Waals surface area contributed by atoms with E-state index in [0.717, 1.165) is 0 Å². The number of nitrogens with zero attached hydrogens (tertiary/aromatic N) is 2. The summed E-state index contributed by atoms with van der Waals surface area (Å²) >= 11 is 5.92. The second-order valence-corrected chi connectivity index (χ2v) is 8.12. The number of para-hydroxylation sites is 1. The summed E-state index contributed by atoms with van der Waals surface area (Å²) in [5, 5.41) is 0.487. The SMILES string of the molecule is Cc1nc(Oc2ccccc2)nc(C)c1NS(=O)(=O)Cc1cccc(Cl)c1. The molecule has 1 heterocycles. The number of ether oxygens (including phenoxy) is 1. The minimum atomic E-state index is -3.65. The van der Waals surface area contributed by atoms with Crippen LogP contribution < -0.4 is 9.46 Å². The van der Waals surface area contributed by atoms with Crippen LogP contribution in [0.2, 0.25) is 5.02 Å². The van der Waals surface area contributed by atoms with Crippen molar-refractivity contribution in [2.75, 3.05) is 4.72 Å². The van der Waals surface area contributed by atoms with Crippen molar-refractivity contribution in [2.24, 2.45) is 0 Å². The number of hydrogen-bond acceptors (Lipinski definition) is 5. The van der Waals surface area contributed by atoms with Gasteiger partial charge in [0.1, 0.15) is 5.75 Å². The Hall–Kier alpha value is -2.64. The number of sulfonamides is 1. The van der Waals surface area contributed by atoms with Gasteiger partial charge >= 0.3 is 6.01 Å². The van der Waals surface area contributed by atoms with E-state index in [0.29, 0.717) is 33.4 Å². The van der Waals surface area contributed by atoms with Gasteiger partial charge in [-0.1, -0.05) is 41.9 Å². The molecule has 8 heteroatoms. The molecule has 0 aliphatic carbocycles. The number of aryl methyl sites for hydroxylation is 2. The highest BCUT2D eigenvalue weighted by Crippen LogP contribution is 2.25. The lowest BCUT2D eigenvalue weighted by molar-refractivity contribution is 0.439. The topological polar surface area (TPSA) is 81.2 Å². The molecule has 0 spiro atoms. The molecule has 0 unspecified atom stereocenters. The minimum absolute atomic E-state index is 0.161. The van der Waals surface area contributed by atoms with Crippen molar-refractivity contribution in [1.82, 2.24) is 9.97 Å². The van der Waals surface area contributed by atoms with Crippen LogP contribution in [-0.2, 0) is 15.8 Å². The first-order valence-corrected chi connectivity index (χ1v) is 10.2. The predicted molar refractivity (Wildman–Crippen MR) is 106 cm³/mol. The molecular formula is C19H18ClN3O3S. The zero-order valence-electron chi connectivity index (χ0n) is 14.8. The zero-order chi connectivity index (χ0) is 19.4. The fourth-order valence-electron chi connectivity index (χ4n) is 2.51.